The van der Waals surface area contributed by atoms with E-state index in [2.05, 4.69) is 4.98 Å². The van der Waals surface area contributed by atoms with E-state index in [0.717, 1.165) is 5.69 Å². The van der Waals surface area contributed by atoms with Gasteiger partial charge in [0, 0.05) is 6.20 Å². The van der Waals surface area contributed by atoms with E-state index < -0.39 is 5.82 Å². The van der Waals surface area contributed by atoms with E-state index in [-0.39, 0.29) is 11.6 Å². The third-order valence-corrected chi connectivity index (χ3v) is 2.69. The number of hydrogen-bond donors (Lipinski definition) is 0. The van der Waals surface area contributed by atoms with Gasteiger partial charge in [-0.05, 0) is 30.7 Å². The van der Waals surface area contributed by atoms with Gasteiger partial charge < -0.3 is 4.74 Å². The number of nitrogens with zero attached hydrogens (tertiary/aromatic N) is 1. The van der Waals surface area contributed by atoms with Crippen molar-refractivity contribution in [1.82, 2.24) is 4.98 Å². The molecule has 0 fully saturated rings. The van der Waals surface area contributed by atoms with Gasteiger partial charge in [0.2, 0.25) is 0 Å². The highest BCUT2D eigenvalue weighted by Crippen LogP contribution is 2.29. The van der Waals surface area contributed by atoms with E-state index in [1.807, 2.05) is 32.0 Å². The molecule has 19 heavy (non-hydrogen) atoms. The lowest BCUT2D eigenvalue weighted by atomic mass is 10.2. The van der Waals surface area contributed by atoms with Crippen LogP contribution >= 0.6 is 11.6 Å². The highest BCUT2D eigenvalue weighted by Gasteiger charge is 2.10. The smallest absolute Gasteiger partial charge is 0.148 e. The first-order valence-corrected chi connectivity index (χ1v) is 6.53. The third kappa shape index (κ3) is 4.21. The summed E-state index contributed by atoms with van der Waals surface area (Å²) in [5, 5.41) is 0.0148. The van der Waals surface area contributed by atoms with E-state index in [1.165, 1.54) is 0 Å². The summed E-state index contributed by atoms with van der Waals surface area (Å²) in [5.41, 5.74) is 1.27. The van der Waals surface area contributed by atoms with Gasteiger partial charge in [-0.2, -0.15) is 0 Å². The predicted molar refractivity (Wildman–Crippen MR) is 76.1 cm³/mol. The van der Waals surface area contributed by atoms with Gasteiger partial charge in [-0.25, -0.2) is 4.39 Å². The molecular formula is C15H17ClFNO. The quantitative estimate of drug-likeness (QED) is 0.807. The highest BCUT2D eigenvalue weighted by atomic mass is 35.5. The van der Waals surface area contributed by atoms with E-state index in [1.54, 1.807) is 25.3 Å². The Bertz CT molecular complexity index is 517. The van der Waals surface area contributed by atoms with Crippen LogP contribution in [0.25, 0.3) is 0 Å². The van der Waals surface area contributed by atoms with E-state index in [4.69, 9.17) is 16.3 Å². The van der Waals surface area contributed by atoms with Crippen molar-refractivity contribution in [2.24, 2.45) is 0 Å². The molecule has 2 aromatic rings. The van der Waals surface area contributed by atoms with E-state index >= 15 is 0 Å². The summed E-state index contributed by atoms with van der Waals surface area (Å²) < 4.78 is 18.9. The Morgan fingerprint density at radius 2 is 1.95 bits per heavy atom. The summed E-state index contributed by atoms with van der Waals surface area (Å²) in [6.45, 7) is 5.92. The molecule has 0 atom stereocenters. The van der Waals surface area contributed by atoms with Gasteiger partial charge in [0.25, 0.3) is 0 Å². The molecule has 0 aliphatic heterocycles. The summed E-state index contributed by atoms with van der Waals surface area (Å²) in [7, 11) is 0. The second-order valence-electron chi connectivity index (χ2n) is 3.62. The van der Waals surface area contributed by atoms with E-state index in [0.29, 0.717) is 11.3 Å². The first-order valence-electron chi connectivity index (χ1n) is 6.16. The second kappa shape index (κ2) is 7.74. The third-order valence-electron chi connectivity index (χ3n) is 2.34. The van der Waals surface area contributed by atoms with Crippen LogP contribution in [0.5, 0.6) is 5.75 Å². The number of hydrogen-bond acceptors (Lipinski definition) is 2. The summed E-state index contributed by atoms with van der Waals surface area (Å²) in [6, 6.07) is 8.81. The Morgan fingerprint density at radius 1 is 1.21 bits per heavy atom. The zero-order valence-corrected chi connectivity index (χ0v) is 12.0. The van der Waals surface area contributed by atoms with Crippen molar-refractivity contribution in [3.05, 3.63) is 58.6 Å². The molecule has 0 aliphatic rings. The zero-order chi connectivity index (χ0) is 14.3. The minimum absolute atomic E-state index is 0.0148. The SMILES string of the molecule is CC.Cc1ccc(OCc2ccccn2)c(Cl)c1F. The number of benzene rings is 1. The molecule has 0 amide bonds. The number of rotatable bonds is 3. The fourth-order valence-corrected chi connectivity index (χ4v) is 1.64. The largest absolute Gasteiger partial charge is 0.486 e. The lowest BCUT2D eigenvalue weighted by Crippen LogP contribution is -1.99. The summed E-state index contributed by atoms with van der Waals surface area (Å²) in [6.07, 6.45) is 1.68. The van der Waals surface area contributed by atoms with Gasteiger partial charge in [-0.15, -0.1) is 0 Å². The van der Waals surface area contributed by atoms with Crippen molar-refractivity contribution in [2.75, 3.05) is 0 Å². The molecule has 2 nitrogen and oxygen atoms in total. The van der Waals surface area contributed by atoms with Crippen LogP contribution in [0.2, 0.25) is 5.02 Å². The average Bonchev–Trinajstić information content (AvgIpc) is 2.47. The Hall–Kier alpha value is -1.61. The molecular weight excluding hydrogens is 265 g/mol. The average molecular weight is 282 g/mol. The van der Waals surface area contributed by atoms with Crippen LogP contribution in [0, 0.1) is 12.7 Å². The molecule has 1 aromatic heterocycles. The van der Waals surface area contributed by atoms with Gasteiger partial charge in [-0.1, -0.05) is 37.6 Å². The van der Waals surface area contributed by atoms with Crippen molar-refractivity contribution in [2.45, 2.75) is 27.4 Å². The molecule has 0 saturated heterocycles. The molecule has 0 N–H and O–H groups in total. The molecule has 2 rings (SSSR count). The fraction of sp³-hybridized carbons (Fsp3) is 0.267. The van der Waals surface area contributed by atoms with Gasteiger partial charge in [-0.3, -0.25) is 4.98 Å². The fourth-order valence-electron chi connectivity index (χ4n) is 1.37. The van der Waals surface area contributed by atoms with Crippen molar-refractivity contribution >= 4 is 11.6 Å². The van der Waals surface area contributed by atoms with Gasteiger partial charge in [0.15, 0.2) is 0 Å². The summed E-state index contributed by atoms with van der Waals surface area (Å²) >= 11 is 5.84. The number of ether oxygens (including phenoxy) is 1. The van der Waals surface area contributed by atoms with Crippen LogP contribution in [0.15, 0.2) is 36.5 Å². The van der Waals surface area contributed by atoms with Crippen molar-refractivity contribution in [1.29, 1.82) is 0 Å². The maximum Gasteiger partial charge on any atom is 0.148 e. The van der Waals surface area contributed by atoms with Crippen molar-refractivity contribution in [3.63, 3.8) is 0 Å². The summed E-state index contributed by atoms with van der Waals surface area (Å²) in [4.78, 5) is 4.10. The molecule has 1 aromatic carbocycles. The topological polar surface area (TPSA) is 22.1 Å². The van der Waals surface area contributed by atoms with Gasteiger partial charge in [0.1, 0.15) is 23.2 Å². The zero-order valence-electron chi connectivity index (χ0n) is 11.3. The Balaban J connectivity index is 0.000000861. The monoisotopic (exact) mass is 281 g/mol. The minimum atomic E-state index is -0.440. The minimum Gasteiger partial charge on any atom is -0.486 e. The highest BCUT2D eigenvalue weighted by molar-refractivity contribution is 6.32. The Kier molecular flexibility index (Phi) is 6.30. The number of halogens is 2. The lowest BCUT2D eigenvalue weighted by molar-refractivity contribution is 0.300. The van der Waals surface area contributed by atoms with Crippen molar-refractivity contribution in [3.8, 4) is 5.75 Å². The number of aryl methyl sites for hydroxylation is 1. The molecule has 0 unspecified atom stereocenters. The molecule has 1 heterocycles. The van der Waals surface area contributed by atoms with Crippen molar-refractivity contribution < 1.29 is 9.13 Å². The molecule has 4 heteroatoms. The second-order valence-corrected chi connectivity index (χ2v) is 4.00. The first-order chi connectivity index (χ1) is 9.18. The number of aromatic nitrogens is 1. The maximum atomic E-state index is 13.5. The summed E-state index contributed by atoms with van der Waals surface area (Å²) in [5.74, 6) is -0.106. The molecule has 0 aliphatic carbocycles. The lowest BCUT2D eigenvalue weighted by Gasteiger charge is -2.09. The van der Waals surface area contributed by atoms with Gasteiger partial charge >= 0.3 is 0 Å². The van der Waals surface area contributed by atoms with Crippen LogP contribution in [-0.2, 0) is 6.61 Å². The van der Waals surface area contributed by atoms with Crippen LogP contribution in [0.1, 0.15) is 25.1 Å². The molecule has 0 radical (unpaired) electrons. The molecule has 0 saturated carbocycles. The van der Waals surface area contributed by atoms with Crippen LogP contribution in [0.3, 0.4) is 0 Å². The maximum absolute atomic E-state index is 13.5. The standard InChI is InChI=1S/C13H11ClFNO.C2H6/c1-9-5-6-11(12(14)13(9)15)17-8-10-4-2-3-7-16-10;1-2/h2-7H,8H2,1H3;1-2H3. The van der Waals surface area contributed by atoms with E-state index in [9.17, 15) is 4.39 Å². The Morgan fingerprint density at radius 3 is 2.58 bits per heavy atom. The van der Waals surface area contributed by atoms with Crippen LogP contribution in [-0.4, -0.2) is 4.98 Å². The van der Waals surface area contributed by atoms with Gasteiger partial charge in [0.05, 0.1) is 5.69 Å². The molecule has 0 spiro atoms. The predicted octanol–water partition coefficient (Wildman–Crippen LogP) is 4.79. The normalized spacial score (nSPS) is 9.53. The Labute approximate surface area is 118 Å². The first kappa shape index (κ1) is 15.4. The van der Waals surface area contributed by atoms with Crippen LogP contribution < -0.4 is 4.74 Å². The number of pyridine rings is 1. The van der Waals surface area contributed by atoms with Crippen LogP contribution in [0.4, 0.5) is 4.39 Å². The molecule has 0 bridgehead atoms. The molecule has 102 valence electrons.